The molecule has 8 nitrogen and oxygen atoms in total. The number of carboxylic acids is 1. The highest BCUT2D eigenvalue weighted by molar-refractivity contribution is 5.82. The molecule has 0 aromatic rings. The molecule has 2 amide bonds. The normalized spacial score (nSPS) is 24.9. The van der Waals surface area contributed by atoms with Crippen molar-refractivity contribution in [3.8, 4) is 0 Å². The first kappa shape index (κ1) is 36.5. The third-order valence-corrected chi connectivity index (χ3v) is 9.35. The van der Waals surface area contributed by atoms with Gasteiger partial charge >= 0.3 is 5.97 Å². The fourth-order valence-electron chi connectivity index (χ4n) is 6.52. The summed E-state index contributed by atoms with van der Waals surface area (Å²) in [6, 6.07) is -0.0193. The van der Waals surface area contributed by atoms with Gasteiger partial charge in [-0.15, -0.1) is 0 Å². The predicted molar refractivity (Wildman–Crippen MR) is 167 cm³/mol. The zero-order valence-electron chi connectivity index (χ0n) is 27.6. The smallest absolute Gasteiger partial charge is 0.308 e. The Morgan fingerprint density at radius 2 is 1.52 bits per heavy atom. The second-order valence-electron chi connectivity index (χ2n) is 14.1. The van der Waals surface area contributed by atoms with Crippen LogP contribution >= 0.6 is 0 Å². The summed E-state index contributed by atoms with van der Waals surface area (Å²) < 4.78 is 11.6. The van der Waals surface area contributed by atoms with Crippen molar-refractivity contribution in [1.82, 2.24) is 10.6 Å². The van der Waals surface area contributed by atoms with E-state index in [1.54, 1.807) is 13.8 Å². The molecule has 0 spiro atoms. The number of hydrogen-bond acceptors (Lipinski definition) is 5. The Balaban J connectivity index is 1.78. The highest BCUT2D eigenvalue weighted by Crippen LogP contribution is 2.35. The average molecular weight is 595 g/mol. The molecule has 2 fully saturated rings. The molecule has 1 aliphatic carbocycles. The SMILES string of the molecule is CCCCCCCCCCCCC(CC)C(=O)NC1CCCC(C(CNC(=O)C2OC(C)(C)OCC2(C)C)C(=O)O)C1. The molecule has 244 valence electrons. The molecule has 2 aliphatic rings. The summed E-state index contributed by atoms with van der Waals surface area (Å²) in [7, 11) is 0. The highest BCUT2D eigenvalue weighted by atomic mass is 16.7. The zero-order valence-corrected chi connectivity index (χ0v) is 27.6. The van der Waals surface area contributed by atoms with Gasteiger partial charge in [0.25, 0.3) is 0 Å². The third kappa shape index (κ3) is 12.5. The number of amides is 2. The molecule has 0 radical (unpaired) electrons. The maximum Gasteiger partial charge on any atom is 0.308 e. The molecule has 5 unspecified atom stereocenters. The van der Waals surface area contributed by atoms with Gasteiger partial charge in [-0.3, -0.25) is 14.4 Å². The number of rotatable bonds is 19. The van der Waals surface area contributed by atoms with Crippen molar-refractivity contribution in [2.75, 3.05) is 13.2 Å². The van der Waals surface area contributed by atoms with Crippen molar-refractivity contribution in [2.45, 2.75) is 162 Å². The number of unbranched alkanes of at least 4 members (excludes halogenated alkanes) is 9. The Labute approximate surface area is 255 Å². The summed E-state index contributed by atoms with van der Waals surface area (Å²) >= 11 is 0. The Hall–Kier alpha value is -1.67. The lowest BCUT2D eigenvalue weighted by molar-refractivity contribution is -0.304. The molecule has 1 saturated carbocycles. The number of hydrogen-bond donors (Lipinski definition) is 3. The van der Waals surface area contributed by atoms with Crippen molar-refractivity contribution >= 4 is 17.8 Å². The third-order valence-electron chi connectivity index (χ3n) is 9.35. The van der Waals surface area contributed by atoms with Crippen molar-refractivity contribution in [3.63, 3.8) is 0 Å². The minimum Gasteiger partial charge on any atom is -0.481 e. The van der Waals surface area contributed by atoms with Crippen LogP contribution in [0.25, 0.3) is 0 Å². The first-order chi connectivity index (χ1) is 19.9. The van der Waals surface area contributed by atoms with Crippen LogP contribution in [0.5, 0.6) is 0 Å². The molecule has 0 aromatic heterocycles. The van der Waals surface area contributed by atoms with Gasteiger partial charge in [0.1, 0.15) is 6.10 Å². The molecule has 5 atom stereocenters. The van der Waals surface area contributed by atoms with E-state index in [2.05, 4.69) is 24.5 Å². The number of carboxylic acid groups (broad SMARTS) is 1. The fourth-order valence-corrected chi connectivity index (χ4v) is 6.52. The van der Waals surface area contributed by atoms with Crippen LogP contribution in [0.3, 0.4) is 0 Å². The second-order valence-corrected chi connectivity index (χ2v) is 14.1. The zero-order chi connectivity index (χ0) is 31.2. The van der Waals surface area contributed by atoms with Gasteiger partial charge in [0.15, 0.2) is 5.79 Å². The highest BCUT2D eigenvalue weighted by Gasteiger charge is 2.46. The quantitative estimate of drug-likeness (QED) is 0.139. The van der Waals surface area contributed by atoms with Gasteiger partial charge in [-0.1, -0.05) is 98.3 Å². The lowest BCUT2D eigenvalue weighted by Gasteiger charge is -2.45. The van der Waals surface area contributed by atoms with Crippen molar-refractivity contribution in [2.24, 2.45) is 23.2 Å². The summed E-state index contributed by atoms with van der Waals surface area (Å²) in [4.78, 5) is 38.5. The molecule has 8 heteroatoms. The Morgan fingerprint density at radius 1 is 0.905 bits per heavy atom. The Kier molecular flexibility index (Phi) is 15.8. The maximum atomic E-state index is 13.1. The van der Waals surface area contributed by atoms with Crippen LogP contribution in [0, 0.1) is 23.2 Å². The van der Waals surface area contributed by atoms with Gasteiger partial charge in [-0.2, -0.15) is 0 Å². The van der Waals surface area contributed by atoms with E-state index in [9.17, 15) is 19.5 Å². The summed E-state index contributed by atoms with van der Waals surface area (Å²) in [6.45, 7) is 12.1. The number of ether oxygens (including phenoxy) is 2. The summed E-state index contributed by atoms with van der Waals surface area (Å²) in [5, 5.41) is 16.2. The molecule has 0 bridgehead atoms. The van der Waals surface area contributed by atoms with Crippen molar-refractivity contribution < 1.29 is 29.0 Å². The van der Waals surface area contributed by atoms with E-state index in [4.69, 9.17) is 9.47 Å². The molecular formula is C34H62N2O6. The minimum atomic E-state index is -0.910. The maximum absolute atomic E-state index is 13.1. The molecule has 2 rings (SSSR count). The van der Waals surface area contributed by atoms with E-state index in [1.165, 1.54) is 57.8 Å². The number of carbonyl (C=O) groups excluding carboxylic acids is 2. The van der Waals surface area contributed by atoms with Gasteiger partial charge < -0.3 is 25.2 Å². The van der Waals surface area contributed by atoms with Gasteiger partial charge in [-0.05, 0) is 51.9 Å². The van der Waals surface area contributed by atoms with E-state index in [1.807, 2.05) is 13.8 Å². The Bertz CT molecular complexity index is 829. The van der Waals surface area contributed by atoms with Crippen LogP contribution in [-0.4, -0.2) is 54.0 Å². The van der Waals surface area contributed by atoms with Crippen LogP contribution in [0.15, 0.2) is 0 Å². The number of nitrogens with one attached hydrogen (secondary N) is 2. The van der Waals surface area contributed by atoms with Crippen LogP contribution < -0.4 is 10.6 Å². The monoisotopic (exact) mass is 594 g/mol. The second kappa shape index (κ2) is 18.2. The summed E-state index contributed by atoms with van der Waals surface area (Å²) in [5.41, 5.74) is -0.526. The largest absolute Gasteiger partial charge is 0.481 e. The molecule has 42 heavy (non-hydrogen) atoms. The van der Waals surface area contributed by atoms with Crippen LogP contribution in [0.1, 0.15) is 144 Å². The first-order valence-corrected chi connectivity index (χ1v) is 17.0. The number of aliphatic carboxylic acids is 1. The predicted octanol–water partition coefficient (Wildman–Crippen LogP) is 6.99. The molecule has 1 heterocycles. The topological polar surface area (TPSA) is 114 Å². The van der Waals surface area contributed by atoms with E-state index < -0.39 is 29.2 Å². The number of carbonyl (C=O) groups is 3. The Morgan fingerprint density at radius 3 is 2.12 bits per heavy atom. The summed E-state index contributed by atoms with van der Waals surface area (Å²) in [5.74, 6) is -2.78. The standard InChI is InChI=1S/C34H62N2O6/c1-7-9-10-11-12-13-14-15-16-17-19-25(8-2)30(37)36-27-21-18-20-26(22-27)28(32(39)40)23-35-31(38)29-33(3,4)24-41-34(5,6)42-29/h25-29H,7-24H2,1-6H3,(H,35,38)(H,36,37)(H,39,40). The van der Waals surface area contributed by atoms with E-state index in [0.29, 0.717) is 13.0 Å². The van der Waals surface area contributed by atoms with E-state index in [-0.39, 0.29) is 36.2 Å². The first-order valence-electron chi connectivity index (χ1n) is 17.0. The van der Waals surface area contributed by atoms with Gasteiger partial charge in [0.05, 0.1) is 12.5 Å². The average Bonchev–Trinajstić information content (AvgIpc) is 2.93. The van der Waals surface area contributed by atoms with Gasteiger partial charge in [0, 0.05) is 23.9 Å². The lowest BCUT2D eigenvalue weighted by atomic mass is 9.77. The van der Waals surface area contributed by atoms with Crippen molar-refractivity contribution in [1.29, 1.82) is 0 Å². The van der Waals surface area contributed by atoms with Crippen LogP contribution in [0.4, 0.5) is 0 Å². The molecule has 3 N–H and O–H groups in total. The van der Waals surface area contributed by atoms with Crippen LogP contribution in [0.2, 0.25) is 0 Å². The van der Waals surface area contributed by atoms with Crippen LogP contribution in [-0.2, 0) is 23.9 Å². The molecule has 1 saturated heterocycles. The molecule has 1 aliphatic heterocycles. The van der Waals surface area contributed by atoms with E-state index >= 15 is 0 Å². The summed E-state index contributed by atoms with van der Waals surface area (Å²) in [6.07, 6.45) is 17.0. The van der Waals surface area contributed by atoms with Crippen molar-refractivity contribution in [3.05, 3.63) is 0 Å². The van der Waals surface area contributed by atoms with Gasteiger partial charge in [0.2, 0.25) is 11.8 Å². The van der Waals surface area contributed by atoms with Gasteiger partial charge in [-0.25, -0.2) is 0 Å². The van der Waals surface area contributed by atoms with E-state index in [0.717, 1.165) is 38.5 Å². The molecular weight excluding hydrogens is 532 g/mol. The fraction of sp³-hybridized carbons (Fsp3) is 0.912. The molecule has 0 aromatic carbocycles. The minimum absolute atomic E-state index is 0.0149. The lowest BCUT2D eigenvalue weighted by Crippen LogP contribution is -2.57.